The highest BCUT2D eigenvalue weighted by molar-refractivity contribution is 7.80. The van der Waals surface area contributed by atoms with Gasteiger partial charge in [0, 0.05) is 18.3 Å². The second-order valence-electron chi connectivity index (χ2n) is 6.01. The Morgan fingerprint density at radius 3 is 2.48 bits per heavy atom. The van der Waals surface area contributed by atoms with Gasteiger partial charge in [-0.1, -0.05) is 42.5 Å². The van der Waals surface area contributed by atoms with Crippen LogP contribution in [-0.2, 0) is 6.42 Å². The Balaban J connectivity index is 1.87. The fourth-order valence-corrected chi connectivity index (χ4v) is 2.63. The second kappa shape index (κ2) is 8.65. The van der Waals surface area contributed by atoms with Crippen molar-refractivity contribution >= 4 is 23.0 Å². The van der Waals surface area contributed by atoms with E-state index in [0.717, 1.165) is 18.7 Å². The number of hydrogen-bond donors (Lipinski definition) is 2. The maximum absolute atomic E-state index is 5.41. The molecule has 0 unspecified atom stereocenters. The molecule has 0 radical (unpaired) electrons. The standard InChI is InChI=1S/C19H25N3S/c1-15-8-7-11-17(12-15)21-19(23)20-14-18(22(2)3)13-16-9-5-4-6-10-16/h4-12,18H,13-14H2,1-3H3,(H2,20,21,23)/t18-/m1/s1. The number of nitrogens with one attached hydrogen (secondary N) is 2. The Kier molecular flexibility index (Phi) is 6.56. The van der Waals surface area contributed by atoms with Crippen LogP contribution in [0.3, 0.4) is 0 Å². The molecule has 0 bridgehead atoms. The quantitative estimate of drug-likeness (QED) is 0.795. The average molecular weight is 327 g/mol. The van der Waals surface area contributed by atoms with E-state index in [1.807, 2.05) is 18.2 Å². The van der Waals surface area contributed by atoms with E-state index in [1.165, 1.54) is 11.1 Å². The van der Waals surface area contributed by atoms with Gasteiger partial charge >= 0.3 is 0 Å². The molecule has 2 aromatic carbocycles. The number of nitrogens with zero attached hydrogens (tertiary/aromatic N) is 1. The minimum atomic E-state index is 0.384. The first-order chi connectivity index (χ1) is 11.0. The number of hydrogen-bond acceptors (Lipinski definition) is 2. The molecule has 0 fully saturated rings. The summed E-state index contributed by atoms with van der Waals surface area (Å²) in [5.74, 6) is 0. The molecular weight excluding hydrogens is 302 g/mol. The molecule has 2 N–H and O–H groups in total. The molecule has 2 rings (SSSR count). The number of benzene rings is 2. The fraction of sp³-hybridized carbons (Fsp3) is 0.316. The summed E-state index contributed by atoms with van der Waals surface area (Å²) < 4.78 is 0. The third kappa shape index (κ3) is 6.00. The predicted octanol–water partition coefficient (Wildman–Crippen LogP) is 3.45. The maximum Gasteiger partial charge on any atom is 0.170 e. The van der Waals surface area contributed by atoms with Crippen molar-refractivity contribution in [3.05, 3.63) is 65.7 Å². The molecule has 122 valence electrons. The van der Waals surface area contributed by atoms with Crippen molar-refractivity contribution in [2.24, 2.45) is 0 Å². The minimum Gasteiger partial charge on any atom is -0.361 e. The van der Waals surface area contributed by atoms with Crippen molar-refractivity contribution in [1.29, 1.82) is 0 Å². The molecule has 0 aliphatic heterocycles. The van der Waals surface area contributed by atoms with Crippen LogP contribution in [0.4, 0.5) is 5.69 Å². The summed E-state index contributed by atoms with van der Waals surface area (Å²) in [6, 6.07) is 19.1. The van der Waals surface area contributed by atoms with Gasteiger partial charge in [0.05, 0.1) is 0 Å². The van der Waals surface area contributed by atoms with Crippen LogP contribution in [-0.4, -0.2) is 36.7 Å². The summed E-state index contributed by atoms with van der Waals surface area (Å²) in [7, 11) is 4.21. The van der Waals surface area contributed by atoms with Crippen LogP contribution in [0.15, 0.2) is 54.6 Å². The van der Waals surface area contributed by atoms with E-state index in [1.54, 1.807) is 0 Å². The van der Waals surface area contributed by atoms with Crippen LogP contribution in [0.1, 0.15) is 11.1 Å². The normalized spacial score (nSPS) is 12.0. The monoisotopic (exact) mass is 327 g/mol. The van der Waals surface area contributed by atoms with Gasteiger partial charge in [0.15, 0.2) is 5.11 Å². The molecular formula is C19H25N3S. The first kappa shape index (κ1) is 17.4. The fourth-order valence-electron chi connectivity index (χ4n) is 2.43. The molecule has 0 saturated heterocycles. The Labute approximate surface area is 144 Å². The van der Waals surface area contributed by atoms with Crippen molar-refractivity contribution in [1.82, 2.24) is 10.2 Å². The smallest absolute Gasteiger partial charge is 0.170 e. The van der Waals surface area contributed by atoms with Gasteiger partial charge in [0.1, 0.15) is 0 Å². The Bertz CT molecular complexity index is 626. The third-order valence-electron chi connectivity index (χ3n) is 3.82. The highest BCUT2D eigenvalue weighted by atomic mass is 32.1. The Morgan fingerprint density at radius 2 is 1.83 bits per heavy atom. The largest absolute Gasteiger partial charge is 0.361 e. The lowest BCUT2D eigenvalue weighted by Gasteiger charge is -2.25. The number of anilines is 1. The lowest BCUT2D eigenvalue weighted by Crippen LogP contribution is -2.42. The molecule has 0 aliphatic carbocycles. The first-order valence-corrected chi connectivity index (χ1v) is 8.27. The summed E-state index contributed by atoms with van der Waals surface area (Å²) in [5, 5.41) is 7.24. The van der Waals surface area contributed by atoms with Gasteiger partial charge in [-0.25, -0.2) is 0 Å². The summed E-state index contributed by atoms with van der Waals surface area (Å²) in [6.07, 6.45) is 0.994. The van der Waals surface area contributed by atoms with Crippen molar-refractivity contribution in [2.75, 3.05) is 26.0 Å². The third-order valence-corrected chi connectivity index (χ3v) is 4.07. The average Bonchev–Trinajstić information content (AvgIpc) is 2.52. The Morgan fingerprint density at radius 1 is 1.09 bits per heavy atom. The summed E-state index contributed by atoms with van der Waals surface area (Å²) >= 11 is 5.41. The van der Waals surface area contributed by atoms with Gasteiger partial charge in [-0.3, -0.25) is 0 Å². The summed E-state index contributed by atoms with van der Waals surface area (Å²) in [5.41, 5.74) is 3.57. The van der Waals surface area contributed by atoms with Crippen LogP contribution in [0, 0.1) is 6.92 Å². The van der Waals surface area contributed by atoms with Crippen LogP contribution in [0.25, 0.3) is 0 Å². The molecule has 0 spiro atoms. The zero-order valence-corrected chi connectivity index (χ0v) is 14.9. The van der Waals surface area contributed by atoms with E-state index in [9.17, 15) is 0 Å². The highest BCUT2D eigenvalue weighted by Gasteiger charge is 2.12. The van der Waals surface area contributed by atoms with E-state index in [-0.39, 0.29) is 0 Å². The molecule has 2 aromatic rings. The Hall–Kier alpha value is -1.91. The molecule has 3 nitrogen and oxygen atoms in total. The SMILES string of the molecule is Cc1cccc(NC(=S)NC[C@@H](Cc2ccccc2)N(C)C)c1. The molecule has 0 aromatic heterocycles. The number of rotatable bonds is 6. The van der Waals surface area contributed by atoms with Crippen molar-refractivity contribution in [2.45, 2.75) is 19.4 Å². The van der Waals surface area contributed by atoms with Gasteiger partial charge in [-0.15, -0.1) is 0 Å². The predicted molar refractivity (Wildman–Crippen MR) is 103 cm³/mol. The molecule has 0 saturated carbocycles. The zero-order chi connectivity index (χ0) is 16.7. The molecule has 1 atom stereocenters. The molecule has 0 aliphatic rings. The number of thiocarbonyl (C=S) groups is 1. The summed E-state index contributed by atoms with van der Waals surface area (Å²) in [6.45, 7) is 2.88. The molecule has 0 heterocycles. The van der Waals surface area contributed by atoms with E-state index in [2.05, 4.69) is 73.0 Å². The first-order valence-electron chi connectivity index (χ1n) is 7.86. The van der Waals surface area contributed by atoms with Gasteiger partial charge in [0.2, 0.25) is 0 Å². The van der Waals surface area contributed by atoms with E-state index in [0.29, 0.717) is 11.2 Å². The molecule has 4 heteroatoms. The van der Waals surface area contributed by atoms with Gasteiger partial charge < -0.3 is 15.5 Å². The van der Waals surface area contributed by atoms with Gasteiger partial charge in [-0.05, 0) is 62.9 Å². The number of aryl methyl sites for hydroxylation is 1. The van der Waals surface area contributed by atoms with Crippen LogP contribution >= 0.6 is 12.2 Å². The lowest BCUT2D eigenvalue weighted by molar-refractivity contribution is 0.291. The molecule has 0 amide bonds. The number of likely N-dealkylation sites (N-methyl/N-ethyl adjacent to an activating group) is 1. The van der Waals surface area contributed by atoms with Crippen molar-refractivity contribution in [3.63, 3.8) is 0 Å². The van der Waals surface area contributed by atoms with Crippen LogP contribution in [0.5, 0.6) is 0 Å². The van der Waals surface area contributed by atoms with E-state index < -0.39 is 0 Å². The highest BCUT2D eigenvalue weighted by Crippen LogP contribution is 2.10. The maximum atomic E-state index is 5.41. The topological polar surface area (TPSA) is 27.3 Å². The molecule has 23 heavy (non-hydrogen) atoms. The van der Waals surface area contributed by atoms with E-state index in [4.69, 9.17) is 12.2 Å². The van der Waals surface area contributed by atoms with Crippen LogP contribution in [0.2, 0.25) is 0 Å². The lowest BCUT2D eigenvalue weighted by atomic mass is 10.1. The zero-order valence-electron chi connectivity index (χ0n) is 14.0. The second-order valence-corrected chi connectivity index (χ2v) is 6.42. The van der Waals surface area contributed by atoms with Crippen molar-refractivity contribution in [3.8, 4) is 0 Å². The van der Waals surface area contributed by atoms with Crippen molar-refractivity contribution < 1.29 is 0 Å². The summed E-state index contributed by atoms with van der Waals surface area (Å²) in [4.78, 5) is 2.23. The van der Waals surface area contributed by atoms with Crippen LogP contribution < -0.4 is 10.6 Å². The van der Waals surface area contributed by atoms with E-state index >= 15 is 0 Å². The van der Waals surface area contributed by atoms with Gasteiger partial charge in [0.25, 0.3) is 0 Å². The minimum absolute atomic E-state index is 0.384. The van der Waals surface area contributed by atoms with Gasteiger partial charge in [-0.2, -0.15) is 0 Å².